The van der Waals surface area contributed by atoms with Gasteiger partial charge in [0.2, 0.25) is 5.91 Å². The van der Waals surface area contributed by atoms with E-state index in [1.807, 2.05) is 0 Å². The molecule has 0 aliphatic rings. The van der Waals surface area contributed by atoms with Crippen LogP contribution in [-0.2, 0) is 4.79 Å². The maximum atomic E-state index is 10.9. The molecule has 0 saturated carbocycles. The van der Waals surface area contributed by atoms with Crippen LogP contribution in [-0.4, -0.2) is 27.2 Å². The molecule has 0 fully saturated rings. The third-order valence-corrected chi connectivity index (χ3v) is 2.55. The highest BCUT2D eigenvalue weighted by atomic mass is 35.5. The number of halogens is 1. The van der Waals surface area contributed by atoms with E-state index in [4.69, 9.17) is 16.7 Å². The smallest absolute Gasteiger partial charge is 0.340 e. The maximum absolute atomic E-state index is 10.9. The fourth-order valence-corrected chi connectivity index (χ4v) is 1.74. The minimum Gasteiger partial charge on any atom is -0.478 e. The van der Waals surface area contributed by atoms with Gasteiger partial charge < -0.3 is 10.4 Å². The van der Waals surface area contributed by atoms with E-state index < -0.39 is 11.9 Å². The number of carbonyl (C=O) groups excluding carboxylic acids is 1. The number of anilines is 1. The first-order valence-corrected chi connectivity index (χ1v) is 4.92. The number of hydrogen-bond acceptors (Lipinski definition) is 4. The number of carboxylic acid groups (broad SMARTS) is 1. The third-order valence-electron chi connectivity index (χ3n) is 1.45. The summed E-state index contributed by atoms with van der Waals surface area (Å²) in [5.41, 5.74) is 0.404. The fraction of sp³-hybridized carbons (Fsp3) is 0.286. The molecule has 0 bridgehead atoms. The van der Waals surface area contributed by atoms with Crippen molar-refractivity contribution in [3.8, 4) is 0 Å². The van der Waals surface area contributed by atoms with Gasteiger partial charge in [-0.2, -0.15) is 4.37 Å². The number of carbonyl (C=O) groups is 2. The average Bonchev–Trinajstić information content (AvgIpc) is 2.46. The minimum atomic E-state index is -1.11. The Bertz CT molecular complexity index is 377. The van der Waals surface area contributed by atoms with Crippen LogP contribution in [0.4, 0.5) is 5.00 Å². The number of amides is 1. The standard InChI is InChI=1S/C7H7ClN2O3S/c1-3-5(7(12)13)6(14-10-3)9-4(11)2-8/h2H2,1H3,(H,9,11)(H,12,13). The van der Waals surface area contributed by atoms with Crippen molar-refractivity contribution in [3.63, 3.8) is 0 Å². The van der Waals surface area contributed by atoms with Crippen LogP contribution < -0.4 is 5.32 Å². The van der Waals surface area contributed by atoms with Gasteiger partial charge >= 0.3 is 5.97 Å². The molecule has 0 radical (unpaired) electrons. The van der Waals surface area contributed by atoms with E-state index in [0.29, 0.717) is 5.69 Å². The molecule has 0 saturated heterocycles. The van der Waals surface area contributed by atoms with Crippen molar-refractivity contribution in [2.45, 2.75) is 6.92 Å². The highest BCUT2D eigenvalue weighted by Gasteiger charge is 2.18. The van der Waals surface area contributed by atoms with Crippen LogP contribution >= 0.6 is 23.1 Å². The lowest BCUT2D eigenvalue weighted by Gasteiger charge is -1.99. The molecule has 1 rings (SSSR count). The number of carboxylic acids is 1. The largest absolute Gasteiger partial charge is 0.478 e. The number of rotatable bonds is 3. The predicted octanol–water partition coefficient (Wildman–Crippen LogP) is 1.33. The van der Waals surface area contributed by atoms with Crippen LogP contribution in [0.1, 0.15) is 16.1 Å². The van der Waals surface area contributed by atoms with E-state index in [2.05, 4.69) is 9.69 Å². The van der Waals surface area contributed by atoms with Crippen LogP contribution in [0.25, 0.3) is 0 Å². The van der Waals surface area contributed by atoms with E-state index in [-0.39, 0.29) is 16.4 Å². The van der Waals surface area contributed by atoms with Crippen molar-refractivity contribution < 1.29 is 14.7 Å². The average molecular weight is 235 g/mol. The summed E-state index contributed by atoms with van der Waals surface area (Å²) in [5, 5.41) is 11.4. The van der Waals surface area contributed by atoms with Gasteiger partial charge in [-0.25, -0.2) is 4.79 Å². The normalized spacial score (nSPS) is 9.86. The highest BCUT2D eigenvalue weighted by Crippen LogP contribution is 2.24. The lowest BCUT2D eigenvalue weighted by atomic mass is 10.2. The Morgan fingerprint density at radius 3 is 2.79 bits per heavy atom. The lowest BCUT2D eigenvalue weighted by Crippen LogP contribution is -2.14. The van der Waals surface area contributed by atoms with E-state index >= 15 is 0 Å². The summed E-state index contributed by atoms with van der Waals surface area (Å²) >= 11 is 6.19. The SMILES string of the molecule is Cc1nsc(NC(=O)CCl)c1C(=O)O. The summed E-state index contributed by atoms with van der Waals surface area (Å²) in [7, 11) is 0. The first-order chi connectivity index (χ1) is 6.56. The number of nitrogens with one attached hydrogen (secondary N) is 1. The summed E-state index contributed by atoms with van der Waals surface area (Å²) in [6, 6.07) is 0. The molecule has 0 atom stereocenters. The van der Waals surface area contributed by atoms with Gasteiger partial charge in [0.05, 0.1) is 5.69 Å². The topological polar surface area (TPSA) is 79.3 Å². The molecule has 0 spiro atoms. The van der Waals surface area contributed by atoms with Crippen LogP contribution in [0.5, 0.6) is 0 Å². The Labute approximate surface area is 88.9 Å². The minimum absolute atomic E-state index is 0.0217. The number of aromatic carboxylic acids is 1. The molecule has 1 amide bonds. The van der Waals surface area contributed by atoms with Crippen LogP contribution in [0.2, 0.25) is 0 Å². The Hall–Kier alpha value is -1.14. The Morgan fingerprint density at radius 2 is 2.29 bits per heavy atom. The first-order valence-electron chi connectivity index (χ1n) is 3.61. The molecule has 0 aromatic carbocycles. The molecule has 0 aliphatic carbocycles. The number of hydrogen-bond donors (Lipinski definition) is 2. The van der Waals surface area contributed by atoms with Gasteiger partial charge in [0.25, 0.3) is 0 Å². The molecule has 1 heterocycles. The molecule has 1 aromatic rings. The summed E-state index contributed by atoms with van der Waals surface area (Å²) in [6.45, 7) is 1.57. The molecular weight excluding hydrogens is 228 g/mol. The van der Waals surface area contributed by atoms with Crippen LogP contribution in [0, 0.1) is 6.92 Å². The second-order valence-electron chi connectivity index (χ2n) is 2.46. The van der Waals surface area contributed by atoms with Crippen molar-refractivity contribution in [2.75, 3.05) is 11.2 Å². The van der Waals surface area contributed by atoms with E-state index in [1.54, 1.807) is 6.92 Å². The Balaban J connectivity index is 2.98. The Kier molecular flexibility index (Phi) is 3.43. The molecule has 14 heavy (non-hydrogen) atoms. The molecule has 2 N–H and O–H groups in total. The molecule has 1 aromatic heterocycles. The quantitative estimate of drug-likeness (QED) is 0.774. The lowest BCUT2D eigenvalue weighted by molar-refractivity contribution is -0.113. The summed E-state index contributed by atoms with van der Waals surface area (Å²) in [6.07, 6.45) is 0. The molecule has 76 valence electrons. The zero-order valence-corrected chi connectivity index (χ0v) is 8.78. The second kappa shape index (κ2) is 4.39. The number of aromatic nitrogens is 1. The van der Waals surface area contributed by atoms with Crippen molar-refractivity contribution in [1.82, 2.24) is 4.37 Å². The molecule has 5 nitrogen and oxygen atoms in total. The monoisotopic (exact) mass is 234 g/mol. The second-order valence-corrected chi connectivity index (χ2v) is 3.50. The summed E-state index contributed by atoms with van der Waals surface area (Å²) in [4.78, 5) is 21.7. The number of aryl methyl sites for hydroxylation is 1. The Morgan fingerprint density at radius 1 is 1.64 bits per heavy atom. The van der Waals surface area contributed by atoms with E-state index in [9.17, 15) is 9.59 Å². The highest BCUT2D eigenvalue weighted by molar-refractivity contribution is 7.11. The van der Waals surface area contributed by atoms with Crippen molar-refractivity contribution in [2.24, 2.45) is 0 Å². The van der Waals surface area contributed by atoms with Gasteiger partial charge in [-0.15, -0.1) is 11.6 Å². The van der Waals surface area contributed by atoms with Crippen molar-refractivity contribution in [3.05, 3.63) is 11.3 Å². The molecule has 0 aliphatic heterocycles. The van der Waals surface area contributed by atoms with Crippen LogP contribution in [0.15, 0.2) is 0 Å². The van der Waals surface area contributed by atoms with Gasteiger partial charge in [-0.1, -0.05) is 0 Å². The zero-order chi connectivity index (χ0) is 10.7. The predicted molar refractivity (Wildman–Crippen MR) is 53.2 cm³/mol. The first kappa shape index (κ1) is 10.9. The van der Waals surface area contributed by atoms with Crippen LogP contribution in [0.3, 0.4) is 0 Å². The third kappa shape index (κ3) is 2.21. The molecule has 7 heteroatoms. The molecule has 0 unspecified atom stereocenters. The van der Waals surface area contributed by atoms with Gasteiger partial charge in [0, 0.05) is 0 Å². The van der Waals surface area contributed by atoms with E-state index in [0.717, 1.165) is 11.5 Å². The fourth-order valence-electron chi connectivity index (χ4n) is 0.867. The summed E-state index contributed by atoms with van der Waals surface area (Å²) < 4.78 is 3.83. The number of nitrogens with zero attached hydrogens (tertiary/aromatic N) is 1. The van der Waals surface area contributed by atoms with E-state index in [1.165, 1.54) is 0 Å². The van der Waals surface area contributed by atoms with Gasteiger partial charge in [-0.3, -0.25) is 4.79 Å². The van der Waals surface area contributed by atoms with Gasteiger partial charge in [-0.05, 0) is 18.5 Å². The van der Waals surface area contributed by atoms with Gasteiger partial charge in [0.1, 0.15) is 16.4 Å². The summed E-state index contributed by atoms with van der Waals surface area (Å²) in [5.74, 6) is -1.77. The molecular formula is C7H7ClN2O3S. The van der Waals surface area contributed by atoms with Gasteiger partial charge in [0.15, 0.2) is 0 Å². The number of alkyl halides is 1. The van der Waals surface area contributed by atoms with Crippen molar-refractivity contribution in [1.29, 1.82) is 0 Å². The maximum Gasteiger partial charge on any atom is 0.340 e. The van der Waals surface area contributed by atoms with Crippen molar-refractivity contribution >= 4 is 40.0 Å². The zero-order valence-electron chi connectivity index (χ0n) is 7.20.